The molecule has 1 heterocycles. The van der Waals surface area contributed by atoms with Crippen molar-refractivity contribution < 1.29 is 4.79 Å². The highest BCUT2D eigenvalue weighted by Crippen LogP contribution is 2.38. The van der Waals surface area contributed by atoms with Crippen molar-refractivity contribution in [3.05, 3.63) is 15.0 Å². The lowest BCUT2D eigenvalue weighted by Gasteiger charge is -2.04. The average Bonchev–Trinajstić information content (AvgIpc) is 2.87. The second kappa shape index (κ2) is 3.50. The molecule has 0 aromatic carbocycles. The third-order valence-corrected chi connectivity index (χ3v) is 4.00. The van der Waals surface area contributed by atoms with E-state index in [2.05, 4.69) is 20.9 Å². The summed E-state index contributed by atoms with van der Waals surface area (Å²) in [5.74, 6) is 0.992. The van der Waals surface area contributed by atoms with Crippen molar-refractivity contribution in [3.63, 3.8) is 0 Å². The van der Waals surface area contributed by atoms with Crippen molar-refractivity contribution in [1.29, 1.82) is 0 Å². The molecule has 4 heteroatoms. The average molecular weight is 260 g/mol. The van der Waals surface area contributed by atoms with E-state index in [0.29, 0.717) is 10.9 Å². The Balaban J connectivity index is 2.11. The van der Waals surface area contributed by atoms with E-state index in [1.807, 2.05) is 12.3 Å². The molecule has 13 heavy (non-hydrogen) atoms. The predicted molar refractivity (Wildman–Crippen MR) is 56.0 cm³/mol. The first kappa shape index (κ1) is 9.34. The van der Waals surface area contributed by atoms with Crippen LogP contribution < -0.4 is 0 Å². The number of aromatic nitrogens is 1. The van der Waals surface area contributed by atoms with Crippen LogP contribution in [0.3, 0.4) is 0 Å². The first-order valence-corrected chi connectivity index (χ1v) is 6.01. The fraction of sp³-hybridized carbons (Fsp3) is 0.556. The van der Waals surface area contributed by atoms with Crippen molar-refractivity contribution >= 4 is 33.0 Å². The third kappa shape index (κ3) is 1.99. The van der Waals surface area contributed by atoms with Crippen LogP contribution in [0.1, 0.15) is 29.6 Å². The molecule has 0 bridgehead atoms. The topological polar surface area (TPSA) is 30.0 Å². The van der Waals surface area contributed by atoms with E-state index in [9.17, 15) is 4.79 Å². The number of hydrogen-bond donors (Lipinski definition) is 0. The Morgan fingerprint density at radius 1 is 1.77 bits per heavy atom. The van der Waals surface area contributed by atoms with Crippen LogP contribution in [-0.4, -0.2) is 10.8 Å². The number of carbonyl (C=O) groups is 1. The minimum atomic E-state index is 0.165. The van der Waals surface area contributed by atoms with Crippen molar-refractivity contribution in [2.24, 2.45) is 11.8 Å². The highest BCUT2D eigenvalue weighted by atomic mass is 79.9. The highest BCUT2D eigenvalue weighted by molar-refractivity contribution is 9.10. The van der Waals surface area contributed by atoms with Gasteiger partial charge in [-0.2, -0.15) is 0 Å². The molecule has 2 nitrogen and oxygen atoms in total. The monoisotopic (exact) mass is 259 g/mol. The van der Waals surface area contributed by atoms with Crippen molar-refractivity contribution in [2.45, 2.75) is 19.8 Å². The predicted octanol–water partition coefficient (Wildman–Crippen LogP) is 3.13. The van der Waals surface area contributed by atoms with E-state index in [0.717, 1.165) is 4.60 Å². The molecule has 1 aromatic heterocycles. The zero-order valence-electron chi connectivity index (χ0n) is 7.29. The Kier molecular flexibility index (Phi) is 2.51. The molecule has 1 aromatic rings. The Morgan fingerprint density at radius 2 is 2.46 bits per heavy atom. The Bertz CT molecular complexity index is 332. The van der Waals surface area contributed by atoms with E-state index in [4.69, 9.17) is 0 Å². The molecule has 0 aliphatic heterocycles. The van der Waals surface area contributed by atoms with Crippen molar-refractivity contribution in [2.75, 3.05) is 0 Å². The molecule has 2 rings (SSSR count). The van der Waals surface area contributed by atoms with Gasteiger partial charge in [0, 0.05) is 11.3 Å². The summed E-state index contributed by atoms with van der Waals surface area (Å²) in [6.07, 6.45) is 2.42. The second-order valence-electron chi connectivity index (χ2n) is 3.47. The van der Waals surface area contributed by atoms with Crippen molar-refractivity contribution in [3.8, 4) is 0 Å². The van der Waals surface area contributed by atoms with Crippen LogP contribution >= 0.6 is 27.3 Å². The van der Waals surface area contributed by atoms with Gasteiger partial charge in [-0.05, 0) is 34.7 Å². The third-order valence-electron chi connectivity index (χ3n) is 2.43. The summed E-state index contributed by atoms with van der Waals surface area (Å²) in [6, 6.07) is 0. The summed E-state index contributed by atoms with van der Waals surface area (Å²) in [4.78, 5) is 15.9. The molecule has 1 atom stereocenters. The maximum atomic E-state index is 11.8. The molecule has 1 saturated carbocycles. The SMILES string of the molecule is CC(C(=O)c1nc(Br)cs1)C1CC1. The fourth-order valence-corrected chi connectivity index (χ4v) is 2.66. The Labute approximate surface area is 89.5 Å². The number of nitrogens with zero attached hydrogens (tertiary/aromatic N) is 1. The number of halogens is 1. The van der Waals surface area contributed by atoms with Crippen LogP contribution in [0.25, 0.3) is 0 Å². The standard InChI is InChI=1S/C9H10BrNOS/c1-5(6-2-3-6)8(12)9-11-7(10)4-13-9/h4-6H,2-3H2,1H3. The van der Waals surface area contributed by atoms with Gasteiger partial charge in [0.25, 0.3) is 0 Å². The molecule has 70 valence electrons. The summed E-state index contributed by atoms with van der Waals surface area (Å²) < 4.78 is 0.767. The van der Waals surface area contributed by atoms with Gasteiger partial charge in [0.15, 0.2) is 10.8 Å². The van der Waals surface area contributed by atoms with Gasteiger partial charge >= 0.3 is 0 Å². The first-order valence-electron chi connectivity index (χ1n) is 4.33. The van der Waals surface area contributed by atoms with Gasteiger partial charge in [0.05, 0.1) is 0 Å². The molecule has 0 N–H and O–H groups in total. The van der Waals surface area contributed by atoms with Gasteiger partial charge in [0.1, 0.15) is 4.60 Å². The summed E-state index contributed by atoms with van der Waals surface area (Å²) in [5, 5.41) is 2.50. The molecule has 0 saturated heterocycles. The number of thiazole rings is 1. The number of ketones is 1. The van der Waals surface area contributed by atoms with E-state index in [-0.39, 0.29) is 11.7 Å². The smallest absolute Gasteiger partial charge is 0.194 e. The fourth-order valence-electron chi connectivity index (χ4n) is 1.37. The molecule has 1 aliphatic carbocycles. The normalized spacial score (nSPS) is 18.6. The van der Waals surface area contributed by atoms with Gasteiger partial charge in [-0.1, -0.05) is 6.92 Å². The van der Waals surface area contributed by atoms with Crippen LogP contribution in [0.15, 0.2) is 9.98 Å². The maximum absolute atomic E-state index is 11.8. The first-order chi connectivity index (χ1) is 6.18. The lowest BCUT2D eigenvalue weighted by Crippen LogP contribution is -2.12. The minimum absolute atomic E-state index is 0.165. The van der Waals surface area contributed by atoms with E-state index >= 15 is 0 Å². The zero-order valence-corrected chi connectivity index (χ0v) is 9.69. The molecule has 1 unspecified atom stereocenters. The summed E-state index contributed by atoms with van der Waals surface area (Å²) in [6.45, 7) is 2.01. The molecule has 0 spiro atoms. The number of rotatable bonds is 3. The largest absolute Gasteiger partial charge is 0.291 e. The van der Waals surface area contributed by atoms with Gasteiger partial charge in [-0.15, -0.1) is 11.3 Å². The lowest BCUT2D eigenvalue weighted by molar-refractivity contribution is 0.0916. The molecular formula is C9H10BrNOS. The molecular weight excluding hydrogens is 250 g/mol. The minimum Gasteiger partial charge on any atom is -0.291 e. The second-order valence-corrected chi connectivity index (χ2v) is 5.14. The number of Topliss-reactive ketones (excluding diaryl/α,β-unsaturated/α-hetero) is 1. The summed E-state index contributed by atoms with van der Waals surface area (Å²) >= 11 is 4.67. The van der Waals surface area contributed by atoms with Crippen LogP contribution in [0, 0.1) is 11.8 Å². The van der Waals surface area contributed by atoms with Crippen LogP contribution in [0.4, 0.5) is 0 Å². The van der Waals surface area contributed by atoms with E-state index in [1.54, 1.807) is 0 Å². The number of hydrogen-bond acceptors (Lipinski definition) is 3. The molecule has 1 aliphatic rings. The van der Waals surface area contributed by atoms with E-state index in [1.165, 1.54) is 24.2 Å². The van der Waals surface area contributed by atoms with Gasteiger partial charge in [-0.25, -0.2) is 4.98 Å². The van der Waals surface area contributed by atoms with Gasteiger partial charge < -0.3 is 0 Å². The molecule has 0 amide bonds. The molecule has 1 fully saturated rings. The van der Waals surface area contributed by atoms with Gasteiger partial charge in [0.2, 0.25) is 0 Å². The highest BCUT2D eigenvalue weighted by Gasteiger charge is 2.33. The van der Waals surface area contributed by atoms with Crippen molar-refractivity contribution in [1.82, 2.24) is 4.98 Å². The van der Waals surface area contributed by atoms with Crippen LogP contribution in [0.2, 0.25) is 0 Å². The zero-order chi connectivity index (χ0) is 9.42. The lowest BCUT2D eigenvalue weighted by atomic mass is 10.0. The Hall–Kier alpha value is -0.220. The number of carbonyl (C=O) groups excluding carboxylic acids is 1. The maximum Gasteiger partial charge on any atom is 0.194 e. The van der Waals surface area contributed by atoms with Gasteiger partial charge in [-0.3, -0.25) is 4.79 Å². The summed E-state index contributed by atoms with van der Waals surface area (Å²) in [7, 11) is 0. The summed E-state index contributed by atoms with van der Waals surface area (Å²) in [5.41, 5.74) is 0. The molecule has 0 radical (unpaired) electrons. The van der Waals surface area contributed by atoms with E-state index < -0.39 is 0 Å². The van der Waals surface area contributed by atoms with Crippen LogP contribution in [0.5, 0.6) is 0 Å². The van der Waals surface area contributed by atoms with Crippen LogP contribution in [-0.2, 0) is 0 Å². The quantitative estimate of drug-likeness (QED) is 0.781. The Morgan fingerprint density at radius 3 is 2.92 bits per heavy atom.